The van der Waals surface area contributed by atoms with Gasteiger partial charge in [-0.05, 0) is 37.1 Å². The molecule has 0 fully saturated rings. The maximum Gasteiger partial charge on any atom is 0.315 e. The topological polar surface area (TPSA) is 55.4 Å². The van der Waals surface area contributed by atoms with Crippen molar-refractivity contribution in [1.82, 2.24) is 5.32 Å². The summed E-state index contributed by atoms with van der Waals surface area (Å²) in [6.45, 7) is 9.65. The van der Waals surface area contributed by atoms with Crippen LogP contribution in [-0.2, 0) is 9.53 Å². The molecule has 0 heterocycles. The summed E-state index contributed by atoms with van der Waals surface area (Å²) in [6, 6.07) is 6.95. The Kier molecular flexibility index (Phi) is 6.62. The molecule has 4 nitrogen and oxygen atoms in total. The van der Waals surface area contributed by atoms with Gasteiger partial charge in [-0.1, -0.05) is 36.4 Å². The zero-order chi connectivity index (χ0) is 16.0. The molecular weight excluding hydrogens is 334 g/mol. The Morgan fingerprint density at radius 2 is 1.86 bits per heavy atom. The van der Waals surface area contributed by atoms with Crippen LogP contribution < -0.4 is 5.32 Å². The van der Waals surface area contributed by atoms with Gasteiger partial charge in [-0.15, -0.1) is 0 Å². The number of nitrogens with one attached hydrogen (secondary N) is 1. The van der Waals surface area contributed by atoms with Crippen molar-refractivity contribution in [3.05, 3.63) is 46.6 Å². The first-order valence-electron chi connectivity index (χ1n) is 6.79. The van der Waals surface area contributed by atoms with Crippen molar-refractivity contribution in [2.75, 3.05) is 6.61 Å². The molecule has 1 amide bonds. The first-order chi connectivity index (χ1) is 9.86. The predicted octanol–water partition coefficient (Wildman–Crippen LogP) is 3.53. The molecule has 0 radical (unpaired) electrons. The van der Waals surface area contributed by atoms with Crippen LogP contribution in [0, 0.1) is 11.8 Å². The summed E-state index contributed by atoms with van der Waals surface area (Å²) in [4.78, 5) is 24.1. The highest BCUT2D eigenvalue weighted by Gasteiger charge is 2.27. The maximum absolute atomic E-state index is 12.1. The second-order valence-corrected chi connectivity index (χ2v) is 5.88. The molecule has 1 N–H and O–H groups in total. The van der Waals surface area contributed by atoms with E-state index in [2.05, 4.69) is 27.8 Å². The molecule has 0 bridgehead atoms. The van der Waals surface area contributed by atoms with Crippen molar-refractivity contribution < 1.29 is 14.3 Å². The van der Waals surface area contributed by atoms with Crippen molar-refractivity contribution >= 4 is 27.8 Å². The minimum atomic E-state index is -0.552. The summed E-state index contributed by atoms with van der Waals surface area (Å²) in [6.07, 6.45) is 0. The van der Waals surface area contributed by atoms with Crippen LogP contribution in [0.2, 0.25) is 0 Å². The van der Waals surface area contributed by atoms with E-state index in [0.29, 0.717) is 17.9 Å². The highest BCUT2D eigenvalue weighted by atomic mass is 79.9. The zero-order valence-corrected chi connectivity index (χ0v) is 14.1. The maximum atomic E-state index is 12.1. The fourth-order valence-electron chi connectivity index (χ4n) is 1.95. The molecule has 5 heteroatoms. The second-order valence-electron chi connectivity index (χ2n) is 4.96. The molecule has 0 aliphatic heterocycles. The molecule has 0 spiro atoms. The molecule has 21 heavy (non-hydrogen) atoms. The van der Waals surface area contributed by atoms with Crippen molar-refractivity contribution in [3.63, 3.8) is 0 Å². The van der Waals surface area contributed by atoms with E-state index in [0.717, 1.165) is 4.47 Å². The number of carbonyl (C=O) groups excluding carboxylic acids is 2. The number of rotatable bonds is 6. The molecule has 114 valence electrons. The average molecular weight is 354 g/mol. The number of ether oxygens (including phenoxy) is 1. The van der Waals surface area contributed by atoms with E-state index in [1.54, 1.807) is 31.2 Å². The van der Waals surface area contributed by atoms with Gasteiger partial charge in [0.2, 0.25) is 0 Å². The Balaban J connectivity index is 2.79. The fourth-order valence-corrected chi connectivity index (χ4v) is 2.21. The Morgan fingerprint density at radius 3 is 2.33 bits per heavy atom. The Hall–Kier alpha value is -1.62. The number of halogens is 1. The molecule has 1 rings (SSSR count). The van der Waals surface area contributed by atoms with Crippen molar-refractivity contribution in [3.8, 4) is 0 Å². The van der Waals surface area contributed by atoms with Gasteiger partial charge in [0.1, 0.15) is 0 Å². The van der Waals surface area contributed by atoms with E-state index >= 15 is 0 Å². The van der Waals surface area contributed by atoms with Gasteiger partial charge in [-0.3, -0.25) is 9.59 Å². The van der Waals surface area contributed by atoms with E-state index in [-0.39, 0.29) is 17.8 Å². The largest absolute Gasteiger partial charge is 0.465 e. The minimum Gasteiger partial charge on any atom is -0.465 e. The number of amides is 1. The number of benzene rings is 1. The molecule has 0 aliphatic carbocycles. The monoisotopic (exact) mass is 353 g/mol. The summed E-state index contributed by atoms with van der Waals surface area (Å²) >= 11 is 3.31. The molecule has 1 atom stereocenters. The van der Waals surface area contributed by atoms with Gasteiger partial charge in [0.05, 0.1) is 12.5 Å². The van der Waals surface area contributed by atoms with Gasteiger partial charge in [0, 0.05) is 15.7 Å². The molecular formula is C16H20BrNO3. The van der Waals surface area contributed by atoms with Gasteiger partial charge in [0.25, 0.3) is 5.91 Å². The van der Waals surface area contributed by atoms with Crippen LogP contribution in [-0.4, -0.2) is 18.5 Å². The average Bonchev–Trinajstić information content (AvgIpc) is 2.39. The number of hydrogen-bond acceptors (Lipinski definition) is 3. The summed E-state index contributed by atoms with van der Waals surface area (Å²) < 4.78 is 5.93. The fraction of sp³-hybridized carbons (Fsp3) is 0.375. The van der Waals surface area contributed by atoms with Crippen LogP contribution >= 0.6 is 15.9 Å². The van der Waals surface area contributed by atoms with Crippen molar-refractivity contribution in [2.45, 2.75) is 20.8 Å². The van der Waals surface area contributed by atoms with E-state index in [1.807, 2.05) is 13.8 Å². The van der Waals surface area contributed by atoms with Crippen LogP contribution in [0.4, 0.5) is 0 Å². The van der Waals surface area contributed by atoms with Crippen LogP contribution in [0.3, 0.4) is 0 Å². The number of carbonyl (C=O) groups is 2. The minimum absolute atomic E-state index is 0.0123. The van der Waals surface area contributed by atoms with E-state index in [9.17, 15) is 9.59 Å². The van der Waals surface area contributed by atoms with E-state index < -0.39 is 5.92 Å². The van der Waals surface area contributed by atoms with Crippen LogP contribution in [0.1, 0.15) is 31.1 Å². The summed E-state index contributed by atoms with van der Waals surface area (Å²) in [5.41, 5.74) is 0.863. The standard InChI is InChI=1S/C16H20BrNO3/c1-5-21-16(20)14(10(2)3)11(4)18-15(19)12-6-8-13(17)9-7-12/h6-10,14H,4-5H2,1-3H3,(H,18,19). The van der Waals surface area contributed by atoms with Gasteiger partial charge >= 0.3 is 5.97 Å². The summed E-state index contributed by atoms with van der Waals surface area (Å²) in [5, 5.41) is 2.69. The Labute approximate surface area is 133 Å². The van der Waals surface area contributed by atoms with Gasteiger partial charge in [-0.25, -0.2) is 0 Å². The lowest BCUT2D eigenvalue weighted by atomic mass is 9.93. The van der Waals surface area contributed by atoms with Gasteiger partial charge < -0.3 is 10.1 Å². The molecule has 1 aromatic carbocycles. The van der Waals surface area contributed by atoms with Gasteiger partial charge in [0.15, 0.2) is 0 Å². The normalized spacial score (nSPS) is 11.9. The quantitative estimate of drug-likeness (QED) is 0.796. The highest BCUT2D eigenvalue weighted by molar-refractivity contribution is 9.10. The lowest BCUT2D eigenvalue weighted by Crippen LogP contribution is -2.34. The Bertz CT molecular complexity index is 523. The third kappa shape index (κ3) is 5.01. The molecule has 1 aromatic rings. The molecule has 0 aliphatic rings. The third-order valence-electron chi connectivity index (χ3n) is 2.96. The summed E-state index contributed by atoms with van der Waals surface area (Å²) in [5.74, 6) is -1.22. The zero-order valence-electron chi connectivity index (χ0n) is 12.5. The predicted molar refractivity (Wildman–Crippen MR) is 85.7 cm³/mol. The summed E-state index contributed by atoms with van der Waals surface area (Å²) in [7, 11) is 0. The molecule has 0 aromatic heterocycles. The highest BCUT2D eigenvalue weighted by Crippen LogP contribution is 2.20. The lowest BCUT2D eigenvalue weighted by Gasteiger charge is -2.22. The molecule has 0 saturated heterocycles. The smallest absolute Gasteiger partial charge is 0.315 e. The lowest BCUT2D eigenvalue weighted by molar-refractivity contribution is -0.148. The third-order valence-corrected chi connectivity index (χ3v) is 3.49. The van der Waals surface area contributed by atoms with Crippen LogP contribution in [0.5, 0.6) is 0 Å². The van der Waals surface area contributed by atoms with Crippen molar-refractivity contribution in [2.24, 2.45) is 11.8 Å². The first kappa shape index (κ1) is 17.4. The first-order valence-corrected chi connectivity index (χ1v) is 7.58. The van der Waals surface area contributed by atoms with E-state index in [1.165, 1.54) is 0 Å². The van der Waals surface area contributed by atoms with Crippen LogP contribution in [0.25, 0.3) is 0 Å². The van der Waals surface area contributed by atoms with Crippen LogP contribution in [0.15, 0.2) is 41.0 Å². The van der Waals surface area contributed by atoms with Gasteiger partial charge in [-0.2, -0.15) is 0 Å². The molecule has 1 unspecified atom stereocenters. The Morgan fingerprint density at radius 1 is 1.29 bits per heavy atom. The number of esters is 1. The molecule has 0 saturated carbocycles. The SMILES string of the molecule is C=C(NC(=O)c1ccc(Br)cc1)C(C(=O)OCC)C(C)C. The second kappa shape index (κ2) is 7.98. The van der Waals surface area contributed by atoms with E-state index in [4.69, 9.17) is 4.74 Å². The number of hydrogen-bond donors (Lipinski definition) is 1. The van der Waals surface area contributed by atoms with Crippen molar-refractivity contribution in [1.29, 1.82) is 0 Å².